The van der Waals surface area contributed by atoms with E-state index in [-0.39, 0.29) is 36.4 Å². The smallest absolute Gasteiger partial charge is 0.258 e. The molecule has 0 unspecified atom stereocenters. The van der Waals surface area contributed by atoms with Gasteiger partial charge in [-0.05, 0) is 62.4 Å². The van der Waals surface area contributed by atoms with E-state index in [1.807, 2.05) is 49.4 Å². The fraction of sp³-hybridized carbons (Fsp3) is 0.409. The van der Waals surface area contributed by atoms with Gasteiger partial charge in [-0.25, -0.2) is 0 Å². The lowest BCUT2D eigenvalue weighted by molar-refractivity contribution is -0.124. The van der Waals surface area contributed by atoms with Gasteiger partial charge in [0.2, 0.25) is 0 Å². The number of ether oxygens (including phenoxy) is 1. The highest BCUT2D eigenvalue weighted by Crippen LogP contribution is 2.39. The van der Waals surface area contributed by atoms with Crippen LogP contribution in [-0.2, 0) is 10.2 Å². The van der Waals surface area contributed by atoms with Crippen LogP contribution >= 0.6 is 24.0 Å². The summed E-state index contributed by atoms with van der Waals surface area (Å²) in [5.74, 6) is 0.631. The summed E-state index contributed by atoms with van der Waals surface area (Å²) in [5, 5.41) is 3.83. The molecule has 0 radical (unpaired) electrons. The van der Waals surface area contributed by atoms with Crippen molar-refractivity contribution in [3.05, 3.63) is 64.7 Å². The van der Waals surface area contributed by atoms with Crippen LogP contribution in [0, 0.1) is 6.92 Å². The molecule has 0 aliphatic heterocycles. The molecule has 28 heavy (non-hydrogen) atoms. The molecule has 1 saturated carbocycles. The number of benzene rings is 2. The van der Waals surface area contributed by atoms with Gasteiger partial charge in [-0.15, -0.1) is 12.4 Å². The quantitative estimate of drug-likeness (QED) is 0.724. The molecule has 1 aliphatic rings. The minimum absolute atomic E-state index is 0. The second-order valence-electron chi connectivity index (χ2n) is 7.44. The summed E-state index contributed by atoms with van der Waals surface area (Å²) in [6.45, 7) is 2.64. The highest BCUT2D eigenvalue weighted by Gasteiger charge is 2.36. The first-order valence-corrected chi connectivity index (χ1v) is 9.83. The van der Waals surface area contributed by atoms with Crippen molar-refractivity contribution in [1.82, 2.24) is 5.32 Å². The molecule has 152 valence electrons. The van der Waals surface area contributed by atoms with Gasteiger partial charge >= 0.3 is 0 Å². The molecular weight excluding hydrogens is 395 g/mol. The molecule has 3 rings (SSSR count). The van der Waals surface area contributed by atoms with Crippen LogP contribution in [-0.4, -0.2) is 25.1 Å². The molecule has 2 aromatic carbocycles. The van der Waals surface area contributed by atoms with Crippen molar-refractivity contribution in [2.24, 2.45) is 5.73 Å². The van der Waals surface area contributed by atoms with Crippen LogP contribution in [0.15, 0.2) is 48.5 Å². The molecule has 0 atom stereocenters. The number of nitrogens with one attached hydrogen (secondary N) is 1. The maximum absolute atomic E-state index is 12.2. The molecule has 0 heterocycles. The Balaban J connectivity index is 0.00000280. The van der Waals surface area contributed by atoms with E-state index < -0.39 is 0 Å². The number of rotatable bonds is 6. The fourth-order valence-electron chi connectivity index (χ4n) is 3.80. The summed E-state index contributed by atoms with van der Waals surface area (Å²) in [5.41, 5.74) is 8.45. The maximum atomic E-state index is 12.2. The lowest BCUT2D eigenvalue weighted by Gasteiger charge is -2.40. The first-order chi connectivity index (χ1) is 13.0. The normalized spacial score (nSPS) is 21.5. The molecule has 0 spiro atoms. The summed E-state index contributed by atoms with van der Waals surface area (Å²) in [7, 11) is 0. The van der Waals surface area contributed by atoms with Gasteiger partial charge in [-0.3, -0.25) is 4.79 Å². The van der Waals surface area contributed by atoms with Gasteiger partial charge in [0.15, 0.2) is 6.61 Å². The third-order valence-corrected chi connectivity index (χ3v) is 5.76. The van der Waals surface area contributed by atoms with Gasteiger partial charge in [-0.2, -0.15) is 0 Å². The Morgan fingerprint density at radius 2 is 1.89 bits per heavy atom. The largest absolute Gasteiger partial charge is 0.484 e. The van der Waals surface area contributed by atoms with Crippen LogP contribution in [0.3, 0.4) is 0 Å². The molecule has 1 amide bonds. The van der Waals surface area contributed by atoms with Crippen molar-refractivity contribution < 1.29 is 9.53 Å². The second kappa shape index (κ2) is 10.1. The highest BCUT2D eigenvalue weighted by molar-refractivity contribution is 6.30. The van der Waals surface area contributed by atoms with Crippen LogP contribution in [0.1, 0.15) is 36.8 Å². The third kappa shape index (κ3) is 5.63. The van der Waals surface area contributed by atoms with Crippen molar-refractivity contribution in [2.45, 2.75) is 44.1 Å². The predicted molar refractivity (Wildman–Crippen MR) is 117 cm³/mol. The number of amides is 1. The first kappa shape index (κ1) is 22.5. The number of hydrogen-bond acceptors (Lipinski definition) is 3. The molecule has 2 aromatic rings. The van der Waals surface area contributed by atoms with Gasteiger partial charge in [0.25, 0.3) is 5.91 Å². The lowest BCUT2D eigenvalue weighted by atomic mass is 9.68. The van der Waals surface area contributed by atoms with E-state index >= 15 is 0 Å². The SMILES string of the molecule is Cc1ccc(OCC(=O)N[C@H]2CC[C@@](CN)(c3cccc(Cl)c3)CC2)cc1.Cl. The minimum atomic E-state index is -0.0800. The van der Waals surface area contributed by atoms with E-state index in [1.165, 1.54) is 5.56 Å². The summed E-state index contributed by atoms with van der Waals surface area (Å²) in [6.07, 6.45) is 3.68. The number of carbonyl (C=O) groups excluding carboxylic acids is 1. The van der Waals surface area contributed by atoms with Crippen LogP contribution < -0.4 is 15.8 Å². The van der Waals surface area contributed by atoms with Crippen molar-refractivity contribution in [3.63, 3.8) is 0 Å². The number of halogens is 2. The Morgan fingerprint density at radius 3 is 2.50 bits per heavy atom. The lowest BCUT2D eigenvalue weighted by Crippen LogP contribution is -2.46. The zero-order chi connectivity index (χ0) is 19.3. The van der Waals surface area contributed by atoms with Crippen LogP contribution in [0.25, 0.3) is 0 Å². The van der Waals surface area contributed by atoms with E-state index in [1.54, 1.807) is 0 Å². The fourth-order valence-corrected chi connectivity index (χ4v) is 3.99. The van der Waals surface area contributed by atoms with Crippen molar-refractivity contribution in [1.29, 1.82) is 0 Å². The van der Waals surface area contributed by atoms with E-state index in [0.717, 1.165) is 36.3 Å². The van der Waals surface area contributed by atoms with Crippen LogP contribution in [0.4, 0.5) is 0 Å². The van der Waals surface area contributed by atoms with E-state index in [9.17, 15) is 4.79 Å². The van der Waals surface area contributed by atoms with E-state index in [0.29, 0.717) is 12.3 Å². The Morgan fingerprint density at radius 1 is 1.21 bits per heavy atom. The molecule has 0 bridgehead atoms. The molecule has 3 N–H and O–H groups in total. The number of hydrogen-bond donors (Lipinski definition) is 2. The molecule has 0 aromatic heterocycles. The van der Waals surface area contributed by atoms with Gasteiger partial charge in [0.05, 0.1) is 0 Å². The molecule has 0 saturated heterocycles. The van der Waals surface area contributed by atoms with Crippen LogP contribution in [0.5, 0.6) is 5.75 Å². The van der Waals surface area contributed by atoms with Crippen molar-refractivity contribution in [3.8, 4) is 5.75 Å². The van der Waals surface area contributed by atoms with Gasteiger partial charge in [0.1, 0.15) is 5.75 Å². The number of nitrogens with two attached hydrogens (primary N) is 1. The molecular formula is C22H28Cl2N2O2. The topological polar surface area (TPSA) is 64.3 Å². The summed E-state index contributed by atoms with van der Waals surface area (Å²) in [6, 6.07) is 15.8. The van der Waals surface area contributed by atoms with Gasteiger partial charge in [0, 0.05) is 23.0 Å². The minimum Gasteiger partial charge on any atom is -0.484 e. The molecule has 6 heteroatoms. The average Bonchev–Trinajstić information content (AvgIpc) is 2.68. The Kier molecular flexibility index (Phi) is 8.17. The Hall–Kier alpha value is -1.75. The Bertz CT molecular complexity index is 772. The zero-order valence-electron chi connectivity index (χ0n) is 16.1. The molecule has 1 fully saturated rings. The van der Waals surface area contributed by atoms with Crippen molar-refractivity contribution in [2.75, 3.05) is 13.2 Å². The average molecular weight is 423 g/mol. The summed E-state index contributed by atoms with van der Waals surface area (Å²) in [4.78, 5) is 12.2. The maximum Gasteiger partial charge on any atom is 0.258 e. The summed E-state index contributed by atoms with van der Waals surface area (Å²) >= 11 is 6.16. The third-order valence-electron chi connectivity index (χ3n) is 5.53. The molecule has 4 nitrogen and oxygen atoms in total. The van der Waals surface area contributed by atoms with E-state index in [2.05, 4.69) is 11.4 Å². The molecule has 1 aliphatic carbocycles. The zero-order valence-corrected chi connectivity index (χ0v) is 17.7. The highest BCUT2D eigenvalue weighted by atomic mass is 35.5. The van der Waals surface area contributed by atoms with E-state index in [4.69, 9.17) is 22.1 Å². The number of carbonyl (C=O) groups is 1. The number of aryl methyl sites for hydroxylation is 1. The first-order valence-electron chi connectivity index (χ1n) is 9.46. The Labute approximate surface area is 178 Å². The standard InChI is InChI=1S/C22H27ClN2O2.ClH/c1-16-5-7-20(8-6-16)27-14-21(26)25-19-9-11-22(15-24,12-10-19)17-3-2-4-18(23)13-17;/h2-8,13,19H,9-12,14-15,24H2,1H3,(H,25,26);1H/t19-,22+;. The monoisotopic (exact) mass is 422 g/mol. The van der Waals surface area contributed by atoms with Gasteiger partial charge in [-0.1, -0.05) is 41.4 Å². The summed E-state index contributed by atoms with van der Waals surface area (Å²) < 4.78 is 5.56. The predicted octanol–water partition coefficient (Wildman–Crippen LogP) is 4.40. The van der Waals surface area contributed by atoms with Crippen LogP contribution in [0.2, 0.25) is 5.02 Å². The van der Waals surface area contributed by atoms with Crippen molar-refractivity contribution >= 4 is 29.9 Å². The van der Waals surface area contributed by atoms with Gasteiger partial charge < -0.3 is 15.8 Å². The second-order valence-corrected chi connectivity index (χ2v) is 7.87.